The van der Waals surface area contributed by atoms with E-state index in [2.05, 4.69) is 60.6 Å². The zero-order chi connectivity index (χ0) is 28.3. The maximum absolute atomic E-state index is 6.47. The first-order chi connectivity index (χ1) is 18.4. The van der Waals surface area contributed by atoms with Crippen molar-refractivity contribution in [3.63, 3.8) is 0 Å². The average molecular weight is 535 g/mol. The molecule has 0 rings (SSSR count). The van der Waals surface area contributed by atoms with Crippen molar-refractivity contribution >= 4 is 0 Å². The second-order valence-electron chi connectivity index (χ2n) is 12.3. The highest BCUT2D eigenvalue weighted by Crippen LogP contribution is 2.19. The fourth-order valence-corrected chi connectivity index (χ4v) is 5.09. The third-order valence-corrected chi connectivity index (χ3v) is 7.67. The molecule has 0 radical (unpaired) electrons. The molecule has 0 aliphatic rings. The van der Waals surface area contributed by atoms with Crippen LogP contribution in [0.25, 0.3) is 0 Å². The topological polar surface area (TPSA) is 18.5 Å². The van der Waals surface area contributed by atoms with E-state index in [1.54, 1.807) is 0 Å². The van der Waals surface area contributed by atoms with Crippen LogP contribution in [0.2, 0.25) is 0 Å². The molecule has 0 aliphatic carbocycles. The van der Waals surface area contributed by atoms with Crippen molar-refractivity contribution in [3.05, 3.63) is 23.3 Å². The molecule has 0 aromatic rings. The lowest BCUT2D eigenvalue weighted by Crippen LogP contribution is -2.25. The lowest BCUT2D eigenvalue weighted by atomic mass is 10.1. The van der Waals surface area contributed by atoms with E-state index >= 15 is 0 Å². The first-order valence-electron chi connectivity index (χ1n) is 17.0. The zero-order valence-electron chi connectivity index (χ0n) is 27.3. The van der Waals surface area contributed by atoms with Crippen molar-refractivity contribution in [2.45, 2.75) is 208 Å². The molecule has 0 saturated carbocycles. The summed E-state index contributed by atoms with van der Waals surface area (Å²) in [5.41, 5.74) is 2.77. The van der Waals surface area contributed by atoms with Crippen LogP contribution in [0.1, 0.15) is 190 Å². The summed E-state index contributed by atoms with van der Waals surface area (Å²) in [4.78, 5) is 0. The van der Waals surface area contributed by atoms with Gasteiger partial charge in [0.25, 0.3) is 0 Å². The van der Waals surface area contributed by atoms with Crippen LogP contribution < -0.4 is 0 Å². The van der Waals surface area contributed by atoms with Gasteiger partial charge in [-0.25, -0.2) is 0 Å². The van der Waals surface area contributed by atoms with Gasteiger partial charge in [-0.15, -0.1) is 0 Å². The number of allylic oxidation sites excluding steroid dienone is 3. The van der Waals surface area contributed by atoms with Gasteiger partial charge in [-0.2, -0.15) is 0 Å². The molecule has 0 heterocycles. The Labute approximate surface area is 240 Å². The van der Waals surface area contributed by atoms with Crippen molar-refractivity contribution in [2.75, 3.05) is 0 Å². The highest BCUT2D eigenvalue weighted by molar-refractivity contribution is 5.03. The first kappa shape index (κ1) is 37.4. The Morgan fingerprint density at radius 3 is 1.29 bits per heavy atom. The first-order valence-corrected chi connectivity index (χ1v) is 17.0. The quantitative estimate of drug-likeness (QED) is 0.0564. The summed E-state index contributed by atoms with van der Waals surface area (Å²) in [6.07, 6.45) is 34.0. The van der Waals surface area contributed by atoms with Crippen LogP contribution in [-0.2, 0) is 9.47 Å². The minimum atomic E-state index is -0.219. The lowest BCUT2D eigenvalue weighted by Gasteiger charge is -2.24. The van der Waals surface area contributed by atoms with E-state index in [1.807, 2.05) is 0 Å². The minimum Gasteiger partial charge on any atom is -0.346 e. The summed E-state index contributed by atoms with van der Waals surface area (Å²) < 4.78 is 12.9. The van der Waals surface area contributed by atoms with Crippen molar-refractivity contribution in [1.82, 2.24) is 0 Å². The second kappa shape index (κ2) is 27.9. The van der Waals surface area contributed by atoms with Crippen LogP contribution in [0.15, 0.2) is 23.3 Å². The second-order valence-corrected chi connectivity index (χ2v) is 12.3. The predicted octanol–water partition coefficient (Wildman–Crippen LogP) is 12.7. The third kappa shape index (κ3) is 27.0. The number of ether oxygens (including phenoxy) is 2. The van der Waals surface area contributed by atoms with E-state index in [1.165, 1.54) is 127 Å². The molecular formula is C36H70O2. The summed E-state index contributed by atoms with van der Waals surface area (Å²) in [6.45, 7) is 15.6. The van der Waals surface area contributed by atoms with Gasteiger partial charge in [-0.3, -0.25) is 0 Å². The number of hydrogen-bond donors (Lipinski definition) is 0. The Morgan fingerprint density at radius 2 is 0.921 bits per heavy atom. The van der Waals surface area contributed by atoms with Crippen LogP contribution in [0, 0.1) is 0 Å². The Bertz CT molecular complexity index is 516. The van der Waals surface area contributed by atoms with Crippen molar-refractivity contribution in [1.29, 1.82) is 0 Å². The third-order valence-electron chi connectivity index (χ3n) is 7.67. The molecular weight excluding hydrogens is 464 g/mol. The van der Waals surface area contributed by atoms with Crippen molar-refractivity contribution in [3.8, 4) is 0 Å². The lowest BCUT2D eigenvalue weighted by molar-refractivity contribution is -0.163. The van der Waals surface area contributed by atoms with E-state index in [9.17, 15) is 0 Å². The summed E-state index contributed by atoms with van der Waals surface area (Å²) in [7, 11) is 0. The SMILES string of the molecule is CCCCCCCCCCCC(C)OC(/C=C(\C)CCC=C(C)C)OC(C)CCCCCCCCCCC. The van der Waals surface area contributed by atoms with Crippen LogP contribution in [0.5, 0.6) is 0 Å². The molecule has 2 heteroatoms. The molecule has 0 aromatic carbocycles. The molecule has 2 atom stereocenters. The molecule has 2 nitrogen and oxygen atoms in total. The fraction of sp³-hybridized carbons (Fsp3) is 0.889. The zero-order valence-corrected chi connectivity index (χ0v) is 27.3. The molecule has 0 aliphatic heterocycles. The highest BCUT2D eigenvalue weighted by Gasteiger charge is 2.15. The fourth-order valence-electron chi connectivity index (χ4n) is 5.09. The molecule has 0 aromatic heterocycles. The molecule has 0 N–H and O–H groups in total. The van der Waals surface area contributed by atoms with Gasteiger partial charge in [0.15, 0.2) is 6.29 Å². The van der Waals surface area contributed by atoms with Gasteiger partial charge in [0, 0.05) is 0 Å². The van der Waals surface area contributed by atoms with E-state index in [4.69, 9.17) is 9.47 Å². The molecule has 0 spiro atoms. The molecule has 0 amide bonds. The maximum atomic E-state index is 6.47. The average Bonchev–Trinajstić information content (AvgIpc) is 2.86. The maximum Gasteiger partial charge on any atom is 0.177 e. The number of hydrogen-bond acceptors (Lipinski definition) is 2. The molecule has 0 fully saturated rings. The Hall–Kier alpha value is -0.600. The smallest absolute Gasteiger partial charge is 0.177 e. The standard InChI is InChI=1S/C36H70O2/c1-8-10-12-14-16-18-20-22-24-29-34(6)37-36(31-33(5)28-26-27-32(3)4)38-35(7)30-25-23-21-19-17-15-13-11-9-2/h27,31,34-36H,8-26,28-30H2,1-7H3/b33-31+. The van der Waals surface area contributed by atoms with E-state index < -0.39 is 0 Å². The van der Waals surface area contributed by atoms with E-state index in [0.29, 0.717) is 0 Å². The van der Waals surface area contributed by atoms with Gasteiger partial charge in [0.1, 0.15) is 0 Å². The largest absolute Gasteiger partial charge is 0.346 e. The molecule has 38 heavy (non-hydrogen) atoms. The monoisotopic (exact) mass is 535 g/mol. The summed E-state index contributed by atoms with van der Waals surface area (Å²) in [5, 5.41) is 0. The highest BCUT2D eigenvalue weighted by atomic mass is 16.7. The van der Waals surface area contributed by atoms with Crippen molar-refractivity contribution < 1.29 is 9.47 Å². The van der Waals surface area contributed by atoms with Gasteiger partial charge in [-0.1, -0.05) is 147 Å². The van der Waals surface area contributed by atoms with Crippen LogP contribution in [0.3, 0.4) is 0 Å². The Morgan fingerprint density at radius 1 is 0.553 bits per heavy atom. The summed E-state index contributed by atoms with van der Waals surface area (Å²) in [6, 6.07) is 0. The Balaban J connectivity index is 4.41. The van der Waals surface area contributed by atoms with Crippen LogP contribution in [0.4, 0.5) is 0 Å². The van der Waals surface area contributed by atoms with Crippen molar-refractivity contribution in [2.24, 2.45) is 0 Å². The van der Waals surface area contributed by atoms with Crippen LogP contribution >= 0.6 is 0 Å². The van der Waals surface area contributed by atoms with Gasteiger partial charge in [0.05, 0.1) is 12.2 Å². The van der Waals surface area contributed by atoms with Gasteiger partial charge in [-0.05, 0) is 66.4 Å². The number of rotatable bonds is 28. The summed E-state index contributed by atoms with van der Waals surface area (Å²) in [5.74, 6) is 0. The molecule has 0 saturated heterocycles. The number of unbranched alkanes of at least 4 members (excludes halogenated alkanes) is 16. The van der Waals surface area contributed by atoms with Gasteiger partial charge in [0.2, 0.25) is 0 Å². The Kier molecular flexibility index (Phi) is 27.5. The molecule has 0 bridgehead atoms. The predicted molar refractivity (Wildman–Crippen MR) is 171 cm³/mol. The van der Waals surface area contributed by atoms with Crippen LogP contribution in [-0.4, -0.2) is 18.5 Å². The summed E-state index contributed by atoms with van der Waals surface area (Å²) >= 11 is 0. The molecule has 226 valence electrons. The van der Waals surface area contributed by atoms with Gasteiger partial charge >= 0.3 is 0 Å². The molecule has 2 unspecified atom stereocenters. The van der Waals surface area contributed by atoms with E-state index in [0.717, 1.165) is 25.7 Å². The van der Waals surface area contributed by atoms with E-state index in [-0.39, 0.29) is 18.5 Å². The minimum absolute atomic E-state index is 0.219. The van der Waals surface area contributed by atoms with Gasteiger partial charge < -0.3 is 9.47 Å². The normalized spacial score (nSPS) is 14.4.